The number of carboxylic acids is 1. The first-order valence-electron chi connectivity index (χ1n) is 14.1. The first-order valence-corrected chi connectivity index (χ1v) is 14.1. The van der Waals surface area contributed by atoms with Crippen molar-refractivity contribution in [2.24, 2.45) is 0 Å². The van der Waals surface area contributed by atoms with Crippen LogP contribution in [0.5, 0.6) is 0 Å². The van der Waals surface area contributed by atoms with Crippen molar-refractivity contribution >= 4 is 28.6 Å². The highest BCUT2D eigenvalue weighted by atomic mass is 16.4. The van der Waals surface area contributed by atoms with Crippen molar-refractivity contribution in [2.45, 2.75) is 83.3 Å². The van der Waals surface area contributed by atoms with Gasteiger partial charge in [0.15, 0.2) is 0 Å². The number of aromatic nitrogens is 1. The SMILES string of the molecule is CC(C)(C)NC(=O)N[C@H]1CCN2CCn3c(c(C4CCCCC4)c4ccc(C(=O)O)cc43)-c3cccc1c32. The second kappa shape index (κ2) is 9.37. The Kier molecular flexibility index (Phi) is 6.12. The number of carbonyl (C=O) groups excluding carboxylic acids is 1. The number of nitrogens with zero attached hydrogens (tertiary/aromatic N) is 2. The first kappa shape index (κ1) is 24.8. The molecule has 3 heterocycles. The summed E-state index contributed by atoms with van der Waals surface area (Å²) in [6.07, 6.45) is 6.94. The monoisotopic (exact) mass is 514 g/mol. The Hall–Kier alpha value is -3.48. The molecule has 0 radical (unpaired) electrons. The molecule has 3 aromatic rings. The predicted molar refractivity (Wildman–Crippen MR) is 151 cm³/mol. The zero-order chi connectivity index (χ0) is 26.6. The summed E-state index contributed by atoms with van der Waals surface area (Å²) in [5, 5.41) is 17.2. The number of aromatic carboxylic acids is 1. The highest BCUT2D eigenvalue weighted by Crippen LogP contribution is 2.50. The summed E-state index contributed by atoms with van der Waals surface area (Å²) < 4.78 is 2.38. The molecule has 1 fully saturated rings. The number of fused-ring (bicyclic) bond motifs is 4. The van der Waals surface area contributed by atoms with Gasteiger partial charge in [-0.1, -0.05) is 43.5 Å². The fraction of sp³-hybridized carbons (Fsp3) is 0.484. The van der Waals surface area contributed by atoms with Gasteiger partial charge < -0.3 is 25.2 Å². The van der Waals surface area contributed by atoms with Crippen molar-refractivity contribution in [3.63, 3.8) is 0 Å². The van der Waals surface area contributed by atoms with Crippen LogP contribution in [0.4, 0.5) is 10.5 Å². The number of amides is 2. The largest absolute Gasteiger partial charge is 0.478 e. The average Bonchev–Trinajstić information content (AvgIpc) is 3.11. The quantitative estimate of drug-likeness (QED) is 0.377. The maximum Gasteiger partial charge on any atom is 0.335 e. The maximum atomic E-state index is 12.8. The number of nitrogens with one attached hydrogen (secondary N) is 2. The van der Waals surface area contributed by atoms with E-state index in [4.69, 9.17) is 0 Å². The third-order valence-corrected chi connectivity index (χ3v) is 8.45. The van der Waals surface area contributed by atoms with Gasteiger partial charge in [-0.15, -0.1) is 0 Å². The van der Waals surface area contributed by atoms with E-state index in [1.807, 2.05) is 32.9 Å². The van der Waals surface area contributed by atoms with Crippen LogP contribution in [0.25, 0.3) is 22.2 Å². The van der Waals surface area contributed by atoms with Crippen LogP contribution >= 0.6 is 0 Å². The number of benzene rings is 2. The normalized spacial score (nSPS) is 19.4. The van der Waals surface area contributed by atoms with Crippen LogP contribution in [0.3, 0.4) is 0 Å². The molecule has 1 saturated carbocycles. The predicted octanol–water partition coefficient (Wildman–Crippen LogP) is 6.42. The van der Waals surface area contributed by atoms with Crippen LogP contribution in [0.15, 0.2) is 36.4 Å². The van der Waals surface area contributed by atoms with E-state index < -0.39 is 5.97 Å². The number of rotatable bonds is 3. The lowest BCUT2D eigenvalue weighted by molar-refractivity contribution is 0.0697. The van der Waals surface area contributed by atoms with Gasteiger partial charge in [-0.05, 0) is 69.2 Å². The number of urea groups is 1. The maximum absolute atomic E-state index is 12.8. The Morgan fingerprint density at radius 2 is 1.76 bits per heavy atom. The van der Waals surface area contributed by atoms with Crippen molar-refractivity contribution in [3.8, 4) is 11.3 Å². The summed E-state index contributed by atoms with van der Waals surface area (Å²) in [5.41, 5.74) is 7.27. The van der Waals surface area contributed by atoms with Crippen molar-refractivity contribution in [3.05, 3.63) is 53.1 Å². The van der Waals surface area contributed by atoms with Crippen molar-refractivity contribution < 1.29 is 14.7 Å². The van der Waals surface area contributed by atoms with E-state index >= 15 is 0 Å². The summed E-state index contributed by atoms with van der Waals surface area (Å²) in [7, 11) is 0. The van der Waals surface area contributed by atoms with Crippen LogP contribution in [0, 0.1) is 0 Å². The first-order chi connectivity index (χ1) is 18.2. The zero-order valence-electron chi connectivity index (χ0n) is 22.6. The van der Waals surface area contributed by atoms with Gasteiger partial charge in [-0.25, -0.2) is 9.59 Å². The summed E-state index contributed by atoms with van der Waals surface area (Å²) in [6, 6.07) is 12.0. The van der Waals surface area contributed by atoms with Crippen molar-refractivity contribution in [2.75, 3.05) is 18.0 Å². The van der Waals surface area contributed by atoms with Gasteiger partial charge in [0.25, 0.3) is 0 Å². The Morgan fingerprint density at radius 1 is 0.974 bits per heavy atom. The van der Waals surface area contributed by atoms with Crippen LogP contribution in [0.2, 0.25) is 0 Å². The molecule has 0 bridgehead atoms. The summed E-state index contributed by atoms with van der Waals surface area (Å²) in [4.78, 5) is 27.2. The van der Waals surface area contributed by atoms with Gasteiger partial charge in [0.05, 0.1) is 23.0 Å². The Labute approximate surface area is 224 Å². The molecule has 2 aromatic carbocycles. The minimum atomic E-state index is -0.889. The molecule has 0 spiro atoms. The van der Waals surface area contributed by atoms with E-state index in [0.29, 0.717) is 11.5 Å². The highest BCUT2D eigenvalue weighted by Gasteiger charge is 2.35. The Morgan fingerprint density at radius 3 is 2.50 bits per heavy atom. The molecule has 6 rings (SSSR count). The molecule has 0 unspecified atom stereocenters. The number of para-hydroxylation sites is 1. The summed E-state index contributed by atoms with van der Waals surface area (Å²) >= 11 is 0. The molecule has 1 aliphatic carbocycles. The molecule has 38 heavy (non-hydrogen) atoms. The van der Waals surface area contributed by atoms with Crippen molar-refractivity contribution in [1.82, 2.24) is 15.2 Å². The lowest BCUT2D eigenvalue weighted by Crippen LogP contribution is -2.48. The van der Waals surface area contributed by atoms with E-state index in [9.17, 15) is 14.7 Å². The van der Waals surface area contributed by atoms with Crippen LogP contribution in [-0.4, -0.2) is 40.3 Å². The molecule has 0 saturated heterocycles. The second-order valence-electron chi connectivity index (χ2n) is 12.2. The van der Waals surface area contributed by atoms with Gasteiger partial charge in [-0.2, -0.15) is 0 Å². The topological polar surface area (TPSA) is 86.6 Å². The number of hydrogen-bond donors (Lipinski definition) is 3. The van der Waals surface area contributed by atoms with Crippen LogP contribution < -0.4 is 15.5 Å². The average molecular weight is 515 g/mol. The third-order valence-electron chi connectivity index (χ3n) is 8.45. The standard InChI is InChI=1S/C31H38N4O3/c1-31(2,3)33-30(38)32-24-14-15-34-16-17-35-25-18-20(29(36)37)12-13-22(25)26(19-8-5-4-6-9-19)28(35)23-11-7-10-21(24)27(23)34/h7,10-13,18-19,24H,4-6,8-9,14-17H2,1-3H3,(H,36,37)(H2,32,33,38)/t24-/m0/s1. The van der Waals surface area contributed by atoms with Gasteiger partial charge in [0.1, 0.15) is 0 Å². The van der Waals surface area contributed by atoms with Crippen LogP contribution in [0.1, 0.15) is 92.7 Å². The fourth-order valence-corrected chi connectivity index (χ4v) is 6.90. The van der Waals surface area contributed by atoms with Gasteiger partial charge in [0.2, 0.25) is 0 Å². The Balaban J connectivity index is 1.52. The van der Waals surface area contributed by atoms with E-state index in [1.54, 1.807) is 6.07 Å². The third kappa shape index (κ3) is 4.32. The second-order valence-corrected chi connectivity index (χ2v) is 12.2. The number of carbonyl (C=O) groups is 2. The number of anilines is 1. The summed E-state index contributed by atoms with van der Waals surface area (Å²) in [6.45, 7) is 8.50. The molecule has 3 N–H and O–H groups in total. The molecular weight excluding hydrogens is 476 g/mol. The Bertz CT molecular complexity index is 1410. The fourth-order valence-electron chi connectivity index (χ4n) is 6.90. The van der Waals surface area contributed by atoms with E-state index in [0.717, 1.165) is 37.1 Å². The van der Waals surface area contributed by atoms with E-state index in [2.05, 4.69) is 38.3 Å². The molecule has 7 nitrogen and oxygen atoms in total. The molecule has 3 aliphatic rings. The molecule has 2 aliphatic heterocycles. The minimum Gasteiger partial charge on any atom is -0.478 e. The molecule has 1 atom stereocenters. The molecule has 2 amide bonds. The molecular formula is C31H38N4O3. The lowest BCUT2D eigenvalue weighted by Gasteiger charge is -2.37. The zero-order valence-corrected chi connectivity index (χ0v) is 22.6. The highest BCUT2D eigenvalue weighted by molar-refractivity contribution is 6.00. The number of carboxylic acid groups (broad SMARTS) is 1. The van der Waals surface area contributed by atoms with Gasteiger partial charge in [0, 0.05) is 41.6 Å². The minimum absolute atomic E-state index is 0.0591. The molecule has 1 aromatic heterocycles. The molecule has 200 valence electrons. The number of hydrogen-bond acceptors (Lipinski definition) is 3. The van der Waals surface area contributed by atoms with Gasteiger partial charge >= 0.3 is 12.0 Å². The van der Waals surface area contributed by atoms with Crippen molar-refractivity contribution in [1.29, 1.82) is 0 Å². The van der Waals surface area contributed by atoms with Crippen LogP contribution in [-0.2, 0) is 6.54 Å². The molecule has 7 heteroatoms. The van der Waals surface area contributed by atoms with E-state index in [-0.39, 0.29) is 17.6 Å². The van der Waals surface area contributed by atoms with Gasteiger partial charge in [-0.3, -0.25) is 0 Å². The summed E-state index contributed by atoms with van der Waals surface area (Å²) in [5.74, 6) is -0.421. The smallest absolute Gasteiger partial charge is 0.335 e. The lowest BCUT2D eigenvalue weighted by atomic mass is 9.81. The van der Waals surface area contributed by atoms with E-state index in [1.165, 1.54) is 60.0 Å².